The van der Waals surface area contributed by atoms with Crippen molar-refractivity contribution in [1.82, 2.24) is 9.80 Å². The third-order valence-electron chi connectivity index (χ3n) is 7.24. The maximum Gasteiger partial charge on any atom is 0.249 e. The van der Waals surface area contributed by atoms with Crippen LogP contribution in [0.15, 0.2) is 42.0 Å². The Morgan fingerprint density at radius 2 is 1.75 bits per heavy atom. The van der Waals surface area contributed by atoms with E-state index in [2.05, 4.69) is 18.0 Å². The summed E-state index contributed by atoms with van der Waals surface area (Å²) in [6.07, 6.45) is 3.30. The van der Waals surface area contributed by atoms with Gasteiger partial charge in [-0.25, -0.2) is 0 Å². The van der Waals surface area contributed by atoms with E-state index in [4.69, 9.17) is 17.3 Å². The molecule has 5 rings (SSSR count). The lowest BCUT2D eigenvalue weighted by Crippen LogP contribution is -2.49. The van der Waals surface area contributed by atoms with Gasteiger partial charge in [-0.15, -0.1) is 0 Å². The third kappa shape index (κ3) is 3.84. The predicted octanol–water partition coefficient (Wildman–Crippen LogP) is 3.99. The molecule has 2 amide bonds. The van der Waals surface area contributed by atoms with Crippen LogP contribution in [0.2, 0.25) is 5.02 Å². The topological polar surface area (TPSA) is 66.6 Å². The molecule has 166 valence electrons. The normalized spacial score (nSPS) is 20.8. The molecular formula is C26H28ClN3O2. The molecule has 0 bridgehead atoms. The van der Waals surface area contributed by atoms with E-state index >= 15 is 0 Å². The maximum atomic E-state index is 13.3. The van der Waals surface area contributed by atoms with Gasteiger partial charge in [0.15, 0.2) is 0 Å². The van der Waals surface area contributed by atoms with Crippen LogP contribution in [0.1, 0.15) is 40.7 Å². The Morgan fingerprint density at radius 3 is 2.44 bits per heavy atom. The van der Waals surface area contributed by atoms with Crippen molar-refractivity contribution < 1.29 is 9.59 Å². The molecule has 0 radical (unpaired) electrons. The number of nitrogens with two attached hydrogens (primary N) is 1. The highest BCUT2D eigenvalue weighted by Gasteiger charge is 2.35. The SMILES string of the molecule is CN1CCN(C(=O)C2CCC3=C(C2)c2cc(-c4ccc(Cl)cc4)cc(C(N)=O)c2C3)CC1. The fourth-order valence-electron chi connectivity index (χ4n) is 5.36. The average molecular weight is 450 g/mol. The van der Waals surface area contributed by atoms with Crippen molar-refractivity contribution in [3.8, 4) is 11.1 Å². The molecule has 5 nitrogen and oxygen atoms in total. The fraction of sp³-hybridized carbons (Fsp3) is 0.385. The van der Waals surface area contributed by atoms with Crippen LogP contribution >= 0.6 is 11.6 Å². The number of allylic oxidation sites excluding steroid dienone is 2. The van der Waals surface area contributed by atoms with Crippen molar-refractivity contribution >= 4 is 29.0 Å². The van der Waals surface area contributed by atoms with Gasteiger partial charge in [0.1, 0.15) is 0 Å². The van der Waals surface area contributed by atoms with Gasteiger partial charge >= 0.3 is 0 Å². The van der Waals surface area contributed by atoms with Gasteiger partial charge in [0, 0.05) is 42.7 Å². The van der Waals surface area contributed by atoms with E-state index in [1.54, 1.807) is 0 Å². The molecule has 2 aromatic carbocycles. The Hall–Kier alpha value is -2.63. The Bertz CT molecular complexity index is 1110. The predicted molar refractivity (Wildman–Crippen MR) is 127 cm³/mol. The number of hydrogen-bond acceptors (Lipinski definition) is 3. The molecule has 2 aromatic rings. The average Bonchev–Trinajstić information content (AvgIpc) is 3.16. The number of nitrogens with zero attached hydrogens (tertiary/aromatic N) is 2. The second-order valence-electron chi connectivity index (χ2n) is 9.25. The van der Waals surface area contributed by atoms with Gasteiger partial charge in [-0.05, 0) is 84.8 Å². The highest BCUT2D eigenvalue weighted by atomic mass is 35.5. The highest BCUT2D eigenvalue weighted by Crippen LogP contribution is 2.46. The Morgan fingerprint density at radius 1 is 1.03 bits per heavy atom. The summed E-state index contributed by atoms with van der Waals surface area (Å²) in [5, 5.41) is 0.674. The first-order valence-electron chi connectivity index (χ1n) is 11.3. The Kier molecular flexibility index (Phi) is 5.56. The van der Waals surface area contributed by atoms with E-state index in [1.165, 1.54) is 11.1 Å². The molecule has 0 saturated carbocycles. The second kappa shape index (κ2) is 8.38. The molecule has 1 heterocycles. The number of carbonyl (C=O) groups is 2. The van der Waals surface area contributed by atoms with Crippen molar-refractivity contribution in [2.75, 3.05) is 33.2 Å². The molecule has 1 fully saturated rings. The van der Waals surface area contributed by atoms with Crippen LogP contribution in [0.4, 0.5) is 0 Å². The molecule has 1 unspecified atom stereocenters. The first-order valence-corrected chi connectivity index (χ1v) is 11.7. The van der Waals surface area contributed by atoms with Gasteiger partial charge < -0.3 is 15.5 Å². The van der Waals surface area contributed by atoms with Crippen LogP contribution in [0, 0.1) is 5.92 Å². The lowest BCUT2D eigenvalue weighted by Gasteiger charge is -2.36. The van der Waals surface area contributed by atoms with Crippen LogP contribution in [-0.4, -0.2) is 54.8 Å². The van der Waals surface area contributed by atoms with Crippen molar-refractivity contribution in [2.24, 2.45) is 11.7 Å². The number of likely N-dealkylation sites (N-methyl/N-ethyl adjacent to an activating group) is 1. The van der Waals surface area contributed by atoms with Crippen molar-refractivity contribution in [2.45, 2.75) is 25.7 Å². The van der Waals surface area contributed by atoms with Gasteiger partial charge in [-0.2, -0.15) is 0 Å². The lowest BCUT2D eigenvalue weighted by molar-refractivity contribution is -0.137. The number of amides is 2. The zero-order chi connectivity index (χ0) is 22.4. The van der Waals surface area contributed by atoms with Crippen molar-refractivity contribution in [3.63, 3.8) is 0 Å². The van der Waals surface area contributed by atoms with Crippen molar-refractivity contribution in [1.29, 1.82) is 0 Å². The summed E-state index contributed by atoms with van der Waals surface area (Å²) in [7, 11) is 2.10. The van der Waals surface area contributed by atoms with Crippen LogP contribution in [-0.2, 0) is 11.2 Å². The summed E-state index contributed by atoms with van der Waals surface area (Å²) in [6, 6.07) is 11.7. The highest BCUT2D eigenvalue weighted by molar-refractivity contribution is 6.30. The zero-order valence-electron chi connectivity index (χ0n) is 18.4. The minimum Gasteiger partial charge on any atom is -0.366 e. The van der Waals surface area contributed by atoms with Gasteiger partial charge in [-0.3, -0.25) is 9.59 Å². The minimum absolute atomic E-state index is 0.0133. The van der Waals surface area contributed by atoms with E-state index in [1.807, 2.05) is 35.2 Å². The number of fused-ring (bicyclic) bond motifs is 2. The number of benzene rings is 2. The molecule has 1 atom stereocenters. The third-order valence-corrected chi connectivity index (χ3v) is 7.50. The van der Waals surface area contributed by atoms with E-state index in [9.17, 15) is 9.59 Å². The molecule has 0 aromatic heterocycles. The Balaban J connectivity index is 1.47. The molecule has 3 aliphatic rings. The smallest absolute Gasteiger partial charge is 0.249 e. The molecule has 32 heavy (non-hydrogen) atoms. The summed E-state index contributed by atoms with van der Waals surface area (Å²) >= 11 is 6.06. The molecule has 6 heteroatoms. The molecule has 1 aliphatic heterocycles. The Labute approximate surface area is 193 Å². The van der Waals surface area contributed by atoms with Crippen molar-refractivity contribution in [3.05, 3.63) is 63.7 Å². The second-order valence-corrected chi connectivity index (χ2v) is 9.68. The van der Waals surface area contributed by atoms with Gasteiger partial charge in [-0.1, -0.05) is 29.3 Å². The summed E-state index contributed by atoms with van der Waals surface area (Å²) in [5.41, 5.74) is 13.0. The largest absolute Gasteiger partial charge is 0.366 e. The van der Waals surface area contributed by atoms with Crippen LogP contribution in [0.25, 0.3) is 16.7 Å². The fourth-order valence-corrected chi connectivity index (χ4v) is 5.48. The molecule has 1 saturated heterocycles. The van der Waals surface area contributed by atoms with Crippen LogP contribution in [0.3, 0.4) is 0 Å². The van der Waals surface area contributed by atoms with E-state index < -0.39 is 5.91 Å². The summed E-state index contributed by atoms with van der Waals surface area (Å²) in [5.74, 6) is -0.108. The summed E-state index contributed by atoms with van der Waals surface area (Å²) in [4.78, 5) is 29.9. The number of rotatable bonds is 3. The number of hydrogen-bond donors (Lipinski definition) is 1. The van der Waals surface area contributed by atoms with Crippen LogP contribution < -0.4 is 5.73 Å². The first-order chi connectivity index (χ1) is 15.4. The van der Waals surface area contributed by atoms with E-state index in [0.29, 0.717) is 10.6 Å². The minimum atomic E-state index is -0.401. The monoisotopic (exact) mass is 449 g/mol. The van der Waals surface area contributed by atoms with Gasteiger partial charge in [0.05, 0.1) is 0 Å². The zero-order valence-corrected chi connectivity index (χ0v) is 19.1. The van der Waals surface area contributed by atoms with Gasteiger partial charge in [0.25, 0.3) is 0 Å². The maximum absolute atomic E-state index is 13.3. The standard InChI is InChI=1S/C26H28ClN3O2/c1-29-8-10-30(11-9-29)26(32)18-3-2-17-12-23-22(21(17)13-18)14-19(15-24(23)25(28)31)16-4-6-20(27)7-5-16/h4-7,14-15,18H,2-3,8-13H2,1H3,(H2,28,31). The number of primary amides is 1. The number of piperazine rings is 1. The number of halogens is 1. The first kappa shape index (κ1) is 21.2. The van der Waals surface area contributed by atoms with E-state index in [0.717, 1.165) is 74.1 Å². The summed E-state index contributed by atoms with van der Waals surface area (Å²) in [6.45, 7) is 3.48. The number of carbonyl (C=O) groups excluding carboxylic acids is 2. The molecule has 2 N–H and O–H groups in total. The molecular weight excluding hydrogens is 422 g/mol. The molecule has 0 spiro atoms. The lowest BCUT2D eigenvalue weighted by atomic mass is 9.82. The molecule has 2 aliphatic carbocycles. The quantitative estimate of drug-likeness (QED) is 0.770. The van der Waals surface area contributed by atoms with Crippen LogP contribution in [0.5, 0.6) is 0 Å². The summed E-state index contributed by atoms with van der Waals surface area (Å²) < 4.78 is 0. The van der Waals surface area contributed by atoms with Gasteiger partial charge in [0.2, 0.25) is 11.8 Å². The van der Waals surface area contributed by atoms with E-state index in [-0.39, 0.29) is 11.8 Å².